The summed E-state index contributed by atoms with van der Waals surface area (Å²) in [4.78, 5) is 18.4. The topological polar surface area (TPSA) is 69.9 Å². The van der Waals surface area contributed by atoms with Gasteiger partial charge in [0, 0.05) is 45.7 Å². The van der Waals surface area contributed by atoms with Gasteiger partial charge in [-0.1, -0.05) is 0 Å². The van der Waals surface area contributed by atoms with Gasteiger partial charge in [-0.2, -0.15) is 4.52 Å². The zero-order chi connectivity index (χ0) is 18.3. The van der Waals surface area contributed by atoms with Gasteiger partial charge in [-0.15, -0.1) is 15.3 Å². The molecule has 0 bridgehead atoms. The van der Waals surface area contributed by atoms with Gasteiger partial charge in [0.15, 0.2) is 11.5 Å². The summed E-state index contributed by atoms with van der Waals surface area (Å²) in [5.41, 5.74) is 0.785. The van der Waals surface area contributed by atoms with Crippen LogP contribution in [0.2, 0.25) is 0 Å². The lowest BCUT2D eigenvalue weighted by atomic mass is 9.96. The maximum absolute atomic E-state index is 11.6. The molecule has 2 aromatic heterocycles. The molecule has 2 aliphatic heterocycles. The minimum absolute atomic E-state index is 0.206. The van der Waals surface area contributed by atoms with Crippen LogP contribution in [0.15, 0.2) is 12.1 Å². The van der Waals surface area contributed by atoms with Crippen LogP contribution in [0, 0.1) is 12.8 Å². The van der Waals surface area contributed by atoms with Crippen molar-refractivity contribution >= 4 is 17.4 Å². The standard InChI is InChI=1S/C18H27N7O/c1-13-19-20-17-6-7-18(21-25(13)17)24-11-16(12-24)22(3)9-15-5-4-8-23(10-15)14(2)26/h6-7,15-16H,4-5,8-12H2,1-3H3. The van der Waals surface area contributed by atoms with E-state index in [1.807, 2.05) is 24.0 Å². The van der Waals surface area contributed by atoms with E-state index < -0.39 is 0 Å². The van der Waals surface area contributed by atoms with Crippen LogP contribution in [-0.2, 0) is 4.79 Å². The first-order chi connectivity index (χ1) is 12.5. The van der Waals surface area contributed by atoms with Crippen LogP contribution < -0.4 is 4.90 Å². The average molecular weight is 357 g/mol. The Balaban J connectivity index is 1.32. The largest absolute Gasteiger partial charge is 0.352 e. The van der Waals surface area contributed by atoms with Gasteiger partial charge >= 0.3 is 0 Å². The van der Waals surface area contributed by atoms with Gasteiger partial charge in [0.25, 0.3) is 0 Å². The summed E-state index contributed by atoms with van der Waals surface area (Å²) in [7, 11) is 2.20. The van der Waals surface area contributed by atoms with Crippen LogP contribution in [0.1, 0.15) is 25.6 Å². The van der Waals surface area contributed by atoms with Crippen LogP contribution in [0.3, 0.4) is 0 Å². The molecule has 1 atom stereocenters. The van der Waals surface area contributed by atoms with Crippen molar-refractivity contribution in [2.75, 3.05) is 44.7 Å². The zero-order valence-corrected chi connectivity index (χ0v) is 15.8. The molecule has 2 fully saturated rings. The molecule has 4 rings (SSSR count). The molecule has 2 aliphatic rings. The maximum atomic E-state index is 11.6. The fraction of sp³-hybridized carbons (Fsp3) is 0.667. The Bertz CT molecular complexity index is 798. The number of carbonyl (C=O) groups excluding carboxylic acids is 1. The molecule has 8 heteroatoms. The highest BCUT2D eigenvalue weighted by atomic mass is 16.2. The Kier molecular flexibility index (Phi) is 4.52. The second kappa shape index (κ2) is 6.83. The molecule has 8 nitrogen and oxygen atoms in total. The summed E-state index contributed by atoms with van der Waals surface area (Å²) < 4.78 is 1.80. The lowest BCUT2D eigenvalue weighted by molar-refractivity contribution is -0.130. The summed E-state index contributed by atoms with van der Waals surface area (Å²) >= 11 is 0. The molecule has 0 N–H and O–H groups in total. The Hall–Kier alpha value is -2.22. The molecule has 0 radical (unpaired) electrons. The fourth-order valence-electron chi connectivity index (χ4n) is 4.03. The zero-order valence-electron chi connectivity index (χ0n) is 15.8. The molecule has 1 amide bonds. The Morgan fingerprint density at radius 1 is 1.27 bits per heavy atom. The maximum Gasteiger partial charge on any atom is 0.219 e. The van der Waals surface area contributed by atoms with Crippen molar-refractivity contribution < 1.29 is 4.79 Å². The molecule has 1 unspecified atom stereocenters. The van der Waals surface area contributed by atoms with Crippen molar-refractivity contribution in [1.82, 2.24) is 29.6 Å². The summed E-state index contributed by atoms with van der Waals surface area (Å²) in [6.07, 6.45) is 2.34. The number of likely N-dealkylation sites (N-methyl/N-ethyl adjacent to an activating group) is 1. The molecule has 2 aromatic rings. The molecular weight excluding hydrogens is 330 g/mol. The van der Waals surface area contributed by atoms with Gasteiger partial charge in [0.1, 0.15) is 5.82 Å². The predicted octanol–water partition coefficient (Wildman–Crippen LogP) is 0.812. The van der Waals surface area contributed by atoms with Crippen molar-refractivity contribution in [3.8, 4) is 0 Å². The number of nitrogens with zero attached hydrogens (tertiary/aromatic N) is 7. The quantitative estimate of drug-likeness (QED) is 0.807. The normalized spacial score (nSPS) is 21.5. The van der Waals surface area contributed by atoms with Crippen LogP contribution >= 0.6 is 0 Å². The summed E-state index contributed by atoms with van der Waals surface area (Å²) in [6, 6.07) is 4.53. The first kappa shape index (κ1) is 17.2. The van der Waals surface area contributed by atoms with Crippen molar-refractivity contribution in [2.24, 2.45) is 5.92 Å². The number of hydrogen-bond donors (Lipinski definition) is 0. The molecule has 0 aromatic carbocycles. The number of amides is 1. The van der Waals surface area contributed by atoms with E-state index in [0.29, 0.717) is 12.0 Å². The smallest absolute Gasteiger partial charge is 0.219 e. The number of hydrogen-bond acceptors (Lipinski definition) is 6. The van der Waals surface area contributed by atoms with Crippen LogP contribution in [0.4, 0.5) is 5.82 Å². The minimum Gasteiger partial charge on any atom is -0.352 e. The third kappa shape index (κ3) is 3.25. The number of fused-ring (bicyclic) bond motifs is 1. The van der Waals surface area contributed by atoms with Gasteiger partial charge in [-0.25, -0.2) is 0 Å². The first-order valence-corrected chi connectivity index (χ1v) is 9.41. The number of aromatic nitrogens is 4. The number of carbonyl (C=O) groups is 1. The highest BCUT2D eigenvalue weighted by molar-refractivity contribution is 5.73. The number of rotatable bonds is 4. The van der Waals surface area contributed by atoms with E-state index in [2.05, 4.69) is 32.1 Å². The first-order valence-electron chi connectivity index (χ1n) is 9.41. The second-order valence-electron chi connectivity index (χ2n) is 7.68. The van der Waals surface area contributed by atoms with E-state index in [0.717, 1.165) is 56.4 Å². The van der Waals surface area contributed by atoms with Gasteiger partial charge in [0.05, 0.1) is 0 Å². The van der Waals surface area contributed by atoms with E-state index in [9.17, 15) is 4.79 Å². The van der Waals surface area contributed by atoms with Crippen LogP contribution in [0.25, 0.3) is 5.65 Å². The van der Waals surface area contributed by atoms with Crippen LogP contribution in [0.5, 0.6) is 0 Å². The lowest BCUT2D eigenvalue weighted by Gasteiger charge is -2.46. The van der Waals surface area contributed by atoms with E-state index in [-0.39, 0.29) is 5.91 Å². The van der Waals surface area contributed by atoms with Gasteiger partial charge in [0.2, 0.25) is 5.91 Å². The molecule has 26 heavy (non-hydrogen) atoms. The fourth-order valence-corrected chi connectivity index (χ4v) is 4.03. The second-order valence-corrected chi connectivity index (χ2v) is 7.68. The van der Waals surface area contributed by atoms with Crippen molar-refractivity contribution in [2.45, 2.75) is 32.7 Å². The SMILES string of the molecule is CC(=O)N1CCCC(CN(C)C2CN(c3ccc4nnc(C)n4n3)C2)C1. The summed E-state index contributed by atoms with van der Waals surface area (Å²) in [5, 5.41) is 12.8. The Morgan fingerprint density at radius 3 is 2.85 bits per heavy atom. The third-order valence-electron chi connectivity index (χ3n) is 5.72. The predicted molar refractivity (Wildman–Crippen MR) is 99.1 cm³/mol. The van der Waals surface area contributed by atoms with E-state index in [1.54, 1.807) is 11.4 Å². The monoisotopic (exact) mass is 357 g/mol. The van der Waals surface area contributed by atoms with Gasteiger partial charge in [-0.3, -0.25) is 9.69 Å². The molecule has 2 saturated heterocycles. The molecule has 0 spiro atoms. The van der Waals surface area contributed by atoms with E-state index in [1.165, 1.54) is 6.42 Å². The van der Waals surface area contributed by atoms with Gasteiger partial charge < -0.3 is 9.80 Å². The number of aryl methyl sites for hydroxylation is 1. The van der Waals surface area contributed by atoms with E-state index >= 15 is 0 Å². The number of anilines is 1. The highest BCUT2D eigenvalue weighted by Gasteiger charge is 2.33. The molecule has 0 saturated carbocycles. The summed E-state index contributed by atoms with van der Waals surface area (Å²) in [5.74, 6) is 2.58. The highest BCUT2D eigenvalue weighted by Crippen LogP contribution is 2.24. The lowest BCUT2D eigenvalue weighted by Crippen LogP contribution is -2.60. The van der Waals surface area contributed by atoms with Crippen LogP contribution in [-0.4, -0.2) is 81.3 Å². The Labute approximate surface area is 153 Å². The average Bonchev–Trinajstić information content (AvgIpc) is 2.94. The van der Waals surface area contributed by atoms with Crippen molar-refractivity contribution in [1.29, 1.82) is 0 Å². The van der Waals surface area contributed by atoms with Gasteiger partial charge in [-0.05, 0) is 44.9 Å². The molecule has 0 aliphatic carbocycles. The Morgan fingerprint density at radius 2 is 2.08 bits per heavy atom. The molecule has 4 heterocycles. The summed E-state index contributed by atoms with van der Waals surface area (Å²) in [6.45, 7) is 8.44. The van der Waals surface area contributed by atoms with E-state index in [4.69, 9.17) is 0 Å². The molecule has 140 valence electrons. The number of likely N-dealkylation sites (tertiary alicyclic amines) is 1. The minimum atomic E-state index is 0.206. The van der Waals surface area contributed by atoms with Crippen molar-refractivity contribution in [3.63, 3.8) is 0 Å². The third-order valence-corrected chi connectivity index (χ3v) is 5.72. The van der Waals surface area contributed by atoms with Crippen molar-refractivity contribution in [3.05, 3.63) is 18.0 Å². The number of piperidine rings is 1. The molecular formula is C18H27N7O.